The minimum absolute atomic E-state index is 0.0521. The zero-order chi connectivity index (χ0) is 18.9. The van der Waals surface area contributed by atoms with E-state index in [2.05, 4.69) is 40.5 Å². The SMILES string of the molecule is CCNC(=NCC(C)(C)SC)NCCNS(=O)(=O)c1cccc(Cl)c1. The molecule has 0 radical (unpaired) electrons. The third-order valence-electron chi connectivity index (χ3n) is 3.33. The molecule has 142 valence electrons. The summed E-state index contributed by atoms with van der Waals surface area (Å²) in [5, 5.41) is 6.67. The first-order valence-electron chi connectivity index (χ1n) is 8.03. The van der Waals surface area contributed by atoms with Crippen molar-refractivity contribution in [3.8, 4) is 0 Å². The van der Waals surface area contributed by atoms with Gasteiger partial charge in [-0.25, -0.2) is 13.1 Å². The van der Waals surface area contributed by atoms with Crippen molar-refractivity contribution < 1.29 is 8.42 Å². The van der Waals surface area contributed by atoms with E-state index in [1.807, 2.05) is 6.92 Å². The van der Waals surface area contributed by atoms with E-state index in [0.717, 1.165) is 6.54 Å². The lowest BCUT2D eigenvalue weighted by molar-refractivity contribution is 0.580. The number of aliphatic imine (C=N–C) groups is 1. The average molecular weight is 407 g/mol. The molecule has 0 bridgehead atoms. The predicted octanol–water partition coefficient (Wildman–Crippen LogP) is 2.32. The smallest absolute Gasteiger partial charge is 0.240 e. The Kier molecular flexibility index (Phi) is 9.06. The van der Waals surface area contributed by atoms with E-state index in [-0.39, 0.29) is 16.2 Å². The molecule has 0 saturated heterocycles. The van der Waals surface area contributed by atoms with Crippen LogP contribution >= 0.6 is 23.4 Å². The molecule has 0 amide bonds. The van der Waals surface area contributed by atoms with Crippen molar-refractivity contribution in [1.29, 1.82) is 0 Å². The maximum absolute atomic E-state index is 12.2. The lowest BCUT2D eigenvalue weighted by atomic mass is 10.2. The van der Waals surface area contributed by atoms with Gasteiger partial charge in [0.15, 0.2) is 5.96 Å². The quantitative estimate of drug-likeness (QED) is 0.333. The first-order chi connectivity index (χ1) is 11.7. The predicted molar refractivity (Wildman–Crippen MR) is 108 cm³/mol. The van der Waals surface area contributed by atoms with Crippen LogP contribution in [0.4, 0.5) is 0 Å². The van der Waals surface area contributed by atoms with Crippen LogP contribution in [-0.4, -0.2) is 51.6 Å². The largest absolute Gasteiger partial charge is 0.357 e. The number of guanidine groups is 1. The fourth-order valence-corrected chi connectivity index (χ4v) is 3.29. The van der Waals surface area contributed by atoms with E-state index in [0.29, 0.717) is 24.1 Å². The number of thioether (sulfide) groups is 1. The van der Waals surface area contributed by atoms with Crippen molar-refractivity contribution in [3.05, 3.63) is 29.3 Å². The maximum Gasteiger partial charge on any atom is 0.240 e. The number of halogens is 1. The summed E-state index contributed by atoms with van der Waals surface area (Å²) in [6.45, 7) is 8.31. The monoisotopic (exact) mass is 406 g/mol. The number of hydrogen-bond acceptors (Lipinski definition) is 4. The Hall–Kier alpha value is -0.960. The summed E-state index contributed by atoms with van der Waals surface area (Å²) in [4.78, 5) is 4.69. The number of nitrogens with zero attached hydrogens (tertiary/aromatic N) is 1. The summed E-state index contributed by atoms with van der Waals surface area (Å²) in [5.41, 5.74) is 0. The number of rotatable bonds is 9. The summed E-state index contributed by atoms with van der Waals surface area (Å²) in [7, 11) is -3.57. The average Bonchev–Trinajstić information content (AvgIpc) is 2.56. The number of sulfonamides is 1. The van der Waals surface area contributed by atoms with Gasteiger partial charge in [0.1, 0.15) is 0 Å². The second-order valence-corrected chi connectivity index (χ2v) is 9.66. The Morgan fingerprint density at radius 2 is 2.00 bits per heavy atom. The molecule has 25 heavy (non-hydrogen) atoms. The second kappa shape index (κ2) is 10.3. The molecule has 0 unspecified atom stereocenters. The molecule has 0 fully saturated rings. The third-order valence-corrected chi connectivity index (χ3v) is 6.26. The van der Waals surface area contributed by atoms with E-state index >= 15 is 0 Å². The van der Waals surface area contributed by atoms with E-state index in [4.69, 9.17) is 11.6 Å². The minimum atomic E-state index is -3.57. The molecule has 1 rings (SSSR count). The molecule has 0 aliphatic rings. The van der Waals surface area contributed by atoms with Gasteiger partial charge in [0.05, 0.1) is 11.4 Å². The fourth-order valence-electron chi connectivity index (χ4n) is 1.76. The normalized spacial score (nSPS) is 12.9. The van der Waals surface area contributed by atoms with Crippen LogP contribution in [-0.2, 0) is 10.0 Å². The van der Waals surface area contributed by atoms with Gasteiger partial charge in [-0.2, -0.15) is 11.8 Å². The van der Waals surface area contributed by atoms with Crippen molar-refractivity contribution in [2.45, 2.75) is 30.4 Å². The number of benzene rings is 1. The molecule has 0 aliphatic carbocycles. The van der Waals surface area contributed by atoms with Gasteiger partial charge in [-0.05, 0) is 45.2 Å². The molecule has 9 heteroatoms. The van der Waals surface area contributed by atoms with Crippen molar-refractivity contribution in [2.75, 3.05) is 32.4 Å². The lowest BCUT2D eigenvalue weighted by Crippen LogP contribution is -2.42. The Morgan fingerprint density at radius 1 is 1.28 bits per heavy atom. The summed E-state index contributed by atoms with van der Waals surface area (Å²) >= 11 is 7.59. The minimum Gasteiger partial charge on any atom is -0.357 e. The highest BCUT2D eigenvalue weighted by atomic mass is 35.5. The van der Waals surface area contributed by atoms with E-state index in [1.165, 1.54) is 12.1 Å². The molecular formula is C16H27ClN4O2S2. The summed E-state index contributed by atoms with van der Waals surface area (Å²) in [5.74, 6) is 0.673. The van der Waals surface area contributed by atoms with Crippen LogP contribution < -0.4 is 15.4 Å². The highest BCUT2D eigenvalue weighted by Crippen LogP contribution is 2.20. The van der Waals surface area contributed by atoms with E-state index < -0.39 is 10.0 Å². The van der Waals surface area contributed by atoms with Gasteiger partial charge in [-0.1, -0.05) is 17.7 Å². The Labute approximate surface area is 160 Å². The van der Waals surface area contributed by atoms with Crippen LogP contribution in [0, 0.1) is 0 Å². The van der Waals surface area contributed by atoms with Gasteiger partial charge in [0, 0.05) is 29.4 Å². The molecular weight excluding hydrogens is 380 g/mol. The molecule has 0 spiro atoms. The zero-order valence-electron chi connectivity index (χ0n) is 15.1. The zero-order valence-corrected chi connectivity index (χ0v) is 17.5. The van der Waals surface area contributed by atoms with Crippen LogP contribution in [0.3, 0.4) is 0 Å². The topological polar surface area (TPSA) is 82.6 Å². The molecule has 1 aromatic carbocycles. The molecule has 0 atom stereocenters. The molecule has 0 aliphatic heterocycles. The Morgan fingerprint density at radius 3 is 2.60 bits per heavy atom. The van der Waals surface area contributed by atoms with Crippen LogP contribution in [0.5, 0.6) is 0 Å². The first-order valence-corrected chi connectivity index (χ1v) is 11.1. The van der Waals surface area contributed by atoms with Crippen molar-refractivity contribution in [2.24, 2.45) is 4.99 Å². The van der Waals surface area contributed by atoms with Crippen LogP contribution in [0.2, 0.25) is 5.02 Å². The maximum atomic E-state index is 12.2. The summed E-state index contributed by atoms with van der Waals surface area (Å²) in [6.07, 6.45) is 2.06. The molecule has 0 heterocycles. The molecule has 0 aromatic heterocycles. The third kappa shape index (κ3) is 8.31. The van der Waals surface area contributed by atoms with Gasteiger partial charge in [-0.3, -0.25) is 4.99 Å². The van der Waals surface area contributed by atoms with E-state index in [1.54, 1.807) is 23.9 Å². The van der Waals surface area contributed by atoms with Gasteiger partial charge in [-0.15, -0.1) is 0 Å². The first kappa shape index (κ1) is 22.1. The Balaban J connectivity index is 2.55. The molecule has 1 aromatic rings. The number of hydrogen-bond donors (Lipinski definition) is 3. The Bertz CT molecular complexity index is 678. The van der Waals surface area contributed by atoms with Gasteiger partial charge in [0.2, 0.25) is 10.0 Å². The highest BCUT2D eigenvalue weighted by molar-refractivity contribution is 7.99. The van der Waals surface area contributed by atoms with Crippen molar-refractivity contribution in [3.63, 3.8) is 0 Å². The van der Waals surface area contributed by atoms with Gasteiger partial charge in [0.25, 0.3) is 0 Å². The fraction of sp³-hybridized carbons (Fsp3) is 0.562. The second-order valence-electron chi connectivity index (χ2n) is 5.94. The standard InChI is InChI=1S/C16H27ClN4O2S2/c1-5-18-15(20-12-16(2,3)24-4)19-9-10-21-25(22,23)14-8-6-7-13(17)11-14/h6-8,11,21H,5,9-10,12H2,1-4H3,(H2,18,19,20). The summed E-state index contributed by atoms with van der Waals surface area (Å²) < 4.78 is 27.0. The van der Waals surface area contributed by atoms with Gasteiger partial charge < -0.3 is 10.6 Å². The lowest BCUT2D eigenvalue weighted by Gasteiger charge is -2.20. The summed E-state index contributed by atoms with van der Waals surface area (Å²) in [6, 6.07) is 6.18. The number of nitrogens with one attached hydrogen (secondary N) is 3. The van der Waals surface area contributed by atoms with Gasteiger partial charge >= 0.3 is 0 Å². The molecule has 6 nitrogen and oxygen atoms in total. The van der Waals surface area contributed by atoms with Crippen molar-refractivity contribution >= 4 is 39.3 Å². The highest BCUT2D eigenvalue weighted by Gasteiger charge is 2.16. The van der Waals surface area contributed by atoms with Crippen LogP contribution in [0.25, 0.3) is 0 Å². The van der Waals surface area contributed by atoms with Crippen molar-refractivity contribution in [1.82, 2.24) is 15.4 Å². The molecule has 0 saturated carbocycles. The van der Waals surface area contributed by atoms with Crippen LogP contribution in [0.15, 0.2) is 34.2 Å². The molecule has 3 N–H and O–H groups in total. The van der Waals surface area contributed by atoms with Crippen LogP contribution in [0.1, 0.15) is 20.8 Å². The van der Waals surface area contributed by atoms with E-state index in [9.17, 15) is 8.42 Å².